The van der Waals surface area contributed by atoms with Crippen molar-refractivity contribution in [2.75, 3.05) is 13.7 Å². The van der Waals surface area contributed by atoms with Crippen LogP contribution in [0.3, 0.4) is 0 Å². The van der Waals surface area contributed by atoms with E-state index in [2.05, 4.69) is 17.0 Å². The monoisotopic (exact) mass is 902 g/mol. The normalized spacial score (nSPS) is 27.1. The summed E-state index contributed by atoms with van der Waals surface area (Å²) in [6.45, 7) is 14.5. The number of carbonyl (C=O) groups excluding carboxylic acids is 3. The van der Waals surface area contributed by atoms with E-state index < -0.39 is 79.7 Å². The highest BCUT2D eigenvalue weighted by molar-refractivity contribution is 7.91. The van der Waals surface area contributed by atoms with E-state index in [1.54, 1.807) is 53.0 Å². The smallest absolute Gasteiger partial charge is 0.408 e. The molecule has 346 valence electrons. The molecule has 7 rings (SSSR count). The van der Waals surface area contributed by atoms with Gasteiger partial charge in [0.2, 0.25) is 27.7 Å². The summed E-state index contributed by atoms with van der Waals surface area (Å²) in [7, 11) is -2.50. The first-order valence-electron chi connectivity index (χ1n) is 22.2. The lowest BCUT2D eigenvalue weighted by Crippen LogP contribution is -2.62. The van der Waals surface area contributed by atoms with Crippen LogP contribution in [0.4, 0.5) is 4.79 Å². The maximum absolute atomic E-state index is 15.3. The zero-order valence-corrected chi connectivity index (χ0v) is 39.0. The SMILES string of the molecule is COc1ccc2c(O[C@@H]3C[C@H]4C(=O)N[C@]5(C(=O)NS(=O)(=O)C6(C)CC6)C[C@H]5C=CCC[C@H](C)C[C@@H](C)[C@H](N(C(=O)O)C(C)(C)C)C(=O)N4C3)nc(-c3ccc(OC(C)C)cc3)nc2c1. The highest BCUT2D eigenvalue weighted by Gasteiger charge is 2.63. The summed E-state index contributed by atoms with van der Waals surface area (Å²) >= 11 is 0. The number of hydrogen-bond acceptors (Lipinski definition) is 11. The van der Waals surface area contributed by atoms with Crippen LogP contribution >= 0.6 is 0 Å². The summed E-state index contributed by atoms with van der Waals surface area (Å²) in [6.07, 6.45) is 4.45. The van der Waals surface area contributed by atoms with Gasteiger partial charge in [-0.3, -0.25) is 24.0 Å². The molecule has 0 spiro atoms. The molecule has 4 aliphatic rings. The van der Waals surface area contributed by atoms with Gasteiger partial charge in [0, 0.05) is 29.5 Å². The number of carboxylic acid groups (broad SMARTS) is 1. The Bertz CT molecular complexity index is 2430. The zero-order chi connectivity index (χ0) is 46.5. The number of nitrogens with zero attached hydrogens (tertiary/aromatic N) is 4. The maximum Gasteiger partial charge on any atom is 0.408 e. The number of benzene rings is 2. The predicted octanol–water partition coefficient (Wildman–Crippen LogP) is 6.47. The summed E-state index contributed by atoms with van der Waals surface area (Å²) < 4.78 is 46.0. The van der Waals surface area contributed by atoms with Crippen LogP contribution in [-0.2, 0) is 24.4 Å². The first-order chi connectivity index (χ1) is 30.1. The average Bonchev–Trinajstić information content (AvgIpc) is 4.10. The molecule has 2 aliphatic heterocycles. The molecule has 7 atom stereocenters. The summed E-state index contributed by atoms with van der Waals surface area (Å²) in [5.74, 6) is -1.21. The molecule has 1 saturated heterocycles. The molecule has 0 bridgehead atoms. The van der Waals surface area contributed by atoms with Gasteiger partial charge in [-0.15, -0.1) is 0 Å². The number of amides is 4. The van der Waals surface area contributed by atoms with Gasteiger partial charge in [0.05, 0.1) is 35.4 Å². The Kier molecular flexibility index (Phi) is 12.7. The van der Waals surface area contributed by atoms with E-state index in [1.807, 2.05) is 57.2 Å². The van der Waals surface area contributed by atoms with E-state index >= 15 is 4.79 Å². The van der Waals surface area contributed by atoms with E-state index in [0.29, 0.717) is 65.9 Å². The third-order valence-corrected chi connectivity index (χ3v) is 15.2. The molecule has 4 amide bonds. The Morgan fingerprint density at radius 2 is 1.72 bits per heavy atom. The molecule has 3 fully saturated rings. The standard InChI is InChI=1S/C47H62N6O10S/c1-27(2)62-32-16-14-30(15-17-32)39-48-36-23-33(61-9)18-19-35(36)41(49-39)63-34-24-37-40(54)50-47(43(56)51-64(59,60)46(8)20-21-46)25-31(47)13-11-10-12-28(3)22-29(4)38(42(55)52(37)26-34)53(44(57)58)45(5,6)7/h11,13-19,23,27-29,31,34,37-38H,10,12,20-22,24-26H2,1-9H3,(H,50,54)(H,51,56)(H,57,58)/t28-,29+,31+,34+,37-,38-,47+/m0/s1. The number of fused-ring (bicyclic) bond motifs is 3. The Morgan fingerprint density at radius 1 is 1.03 bits per heavy atom. The van der Waals surface area contributed by atoms with Gasteiger partial charge in [0.25, 0.3) is 5.91 Å². The molecule has 3 N–H and O–H groups in total. The summed E-state index contributed by atoms with van der Waals surface area (Å²) in [5.41, 5.74) is -1.41. The lowest BCUT2D eigenvalue weighted by atomic mass is 9.85. The highest BCUT2D eigenvalue weighted by Crippen LogP contribution is 2.48. The lowest BCUT2D eigenvalue weighted by molar-refractivity contribution is -0.146. The second-order valence-electron chi connectivity index (χ2n) is 19.7. The fraction of sp³-hybridized carbons (Fsp3) is 0.574. The van der Waals surface area contributed by atoms with Crippen molar-refractivity contribution in [2.24, 2.45) is 17.8 Å². The molecular formula is C47H62N6O10S. The molecule has 1 aromatic heterocycles. The predicted molar refractivity (Wildman–Crippen MR) is 240 cm³/mol. The Morgan fingerprint density at radius 3 is 2.34 bits per heavy atom. The van der Waals surface area contributed by atoms with Crippen LogP contribution in [0.1, 0.15) is 100 Å². The molecule has 2 aromatic carbocycles. The number of carbonyl (C=O) groups is 4. The fourth-order valence-corrected chi connectivity index (χ4v) is 10.4. The lowest BCUT2D eigenvalue weighted by Gasteiger charge is -2.43. The largest absolute Gasteiger partial charge is 0.497 e. The number of nitrogens with one attached hydrogen (secondary N) is 2. The summed E-state index contributed by atoms with van der Waals surface area (Å²) in [6, 6.07) is 10.2. The first-order valence-corrected chi connectivity index (χ1v) is 23.7. The van der Waals surface area contributed by atoms with Crippen molar-refractivity contribution in [2.45, 2.75) is 140 Å². The van der Waals surface area contributed by atoms with Gasteiger partial charge >= 0.3 is 6.09 Å². The number of ether oxygens (including phenoxy) is 3. The number of sulfonamides is 1. The zero-order valence-electron chi connectivity index (χ0n) is 38.2. The minimum Gasteiger partial charge on any atom is -0.497 e. The van der Waals surface area contributed by atoms with Gasteiger partial charge in [-0.1, -0.05) is 26.0 Å². The van der Waals surface area contributed by atoms with Crippen molar-refractivity contribution in [1.29, 1.82) is 0 Å². The molecule has 17 heteroatoms. The van der Waals surface area contributed by atoms with Crippen molar-refractivity contribution in [3.8, 4) is 28.8 Å². The molecule has 2 aliphatic carbocycles. The third-order valence-electron chi connectivity index (χ3n) is 13.0. The molecule has 3 aromatic rings. The van der Waals surface area contributed by atoms with Gasteiger partial charge in [0.1, 0.15) is 35.2 Å². The molecule has 0 unspecified atom stereocenters. The molecular weight excluding hydrogens is 841 g/mol. The average molecular weight is 903 g/mol. The second kappa shape index (κ2) is 17.5. The van der Waals surface area contributed by atoms with Crippen LogP contribution in [0.2, 0.25) is 0 Å². The van der Waals surface area contributed by atoms with Crippen molar-refractivity contribution in [3.63, 3.8) is 0 Å². The second-order valence-corrected chi connectivity index (χ2v) is 21.9. The number of methoxy groups -OCH3 is 1. The van der Waals surface area contributed by atoms with Crippen LogP contribution in [0.15, 0.2) is 54.6 Å². The van der Waals surface area contributed by atoms with Gasteiger partial charge in [0.15, 0.2) is 5.82 Å². The van der Waals surface area contributed by atoms with Crippen LogP contribution in [0.25, 0.3) is 22.3 Å². The number of hydrogen-bond donors (Lipinski definition) is 3. The van der Waals surface area contributed by atoms with E-state index in [9.17, 15) is 27.9 Å². The molecule has 2 saturated carbocycles. The number of allylic oxidation sites excluding steroid dienone is 1. The molecule has 64 heavy (non-hydrogen) atoms. The minimum atomic E-state index is -4.05. The van der Waals surface area contributed by atoms with Crippen LogP contribution in [0, 0.1) is 17.8 Å². The van der Waals surface area contributed by atoms with Crippen molar-refractivity contribution >= 4 is 44.7 Å². The third kappa shape index (κ3) is 9.50. The van der Waals surface area contributed by atoms with Crippen molar-refractivity contribution in [3.05, 3.63) is 54.6 Å². The van der Waals surface area contributed by atoms with Crippen molar-refractivity contribution < 1.29 is 46.9 Å². The van der Waals surface area contributed by atoms with Gasteiger partial charge in [-0.05, 0) is 128 Å². The highest BCUT2D eigenvalue weighted by atomic mass is 32.2. The minimum absolute atomic E-state index is 0.0233. The fourth-order valence-electron chi connectivity index (χ4n) is 9.10. The van der Waals surface area contributed by atoms with E-state index in [0.717, 1.165) is 0 Å². The quantitative estimate of drug-likeness (QED) is 0.187. The summed E-state index contributed by atoms with van der Waals surface area (Å²) in [4.78, 5) is 69.7. The first kappa shape index (κ1) is 46.5. The number of aromatic nitrogens is 2. The van der Waals surface area contributed by atoms with E-state index in [-0.39, 0.29) is 37.3 Å². The summed E-state index contributed by atoms with van der Waals surface area (Å²) in [5, 5.41) is 14.2. The Balaban J connectivity index is 1.29. The maximum atomic E-state index is 15.3. The molecule has 0 radical (unpaired) electrons. The topological polar surface area (TPSA) is 207 Å². The van der Waals surface area contributed by atoms with E-state index in [4.69, 9.17) is 24.2 Å². The van der Waals surface area contributed by atoms with Gasteiger partial charge in [-0.2, -0.15) is 4.98 Å². The van der Waals surface area contributed by atoms with Gasteiger partial charge in [-0.25, -0.2) is 18.2 Å². The Labute approximate surface area is 375 Å². The van der Waals surface area contributed by atoms with Crippen LogP contribution in [0.5, 0.6) is 17.4 Å². The Hall–Kier alpha value is -5.45. The van der Waals surface area contributed by atoms with E-state index in [1.165, 1.54) is 9.80 Å². The van der Waals surface area contributed by atoms with Crippen LogP contribution in [-0.4, -0.2) is 111 Å². The molecule has 3 heterocycles. The van der Waals surface area contributed by atoms with Crippen LogP contribution < -0.4 is 24.2 Å². The number of rotatable bonds is 10. The van der Waals surface area contributed by atoms with Crippen molar-refractivity contribution in [1.82, 2.24) is 29.8 Å². The molecule has 16 nitrogen and oxygen atoms in total. The van der Waals surface area contributed by atoms with Gasteiger partial charge < -0.3 is 29.5 Å².